The first kappa shape index (κ1) is 12.5. The molecule has 2 atom stereocenters. The van der Waals surface area contributed by atoms with E-state index in [1.165, 1.54) is 6.07 Å². The van der Waals surface area contributed by atoms with Crippen LogP contribution < -0.4 is 5.73 Å². The van der Waals surface area contributed by atoms with Crippen LogP contribution in [0.15, 0.2) is 24.3 Å². The monoisotopic (exact) mass is 237 g/mol. The van der Waals surface area contributed by atoms with E-state index >= 15 is 0 Å². The quantitative estimate of drug-likeness (QED) is 0.854. The SMILES string of the molecule is NCC(CCC1CCCO1)c1ccccc1F. The molecule has 1 fully saturated rings. The number of hydrogen-bond acceptors (Lipinski definition) is 2. The Morgan fingerprint density at radius 3 is 2.88 bits per heavy atom. The molecule has 0 spiro atoms. The van der Waals surface area contributed by atoms with Gasteiger partial charge in [-0.3, -0.25) is 0 Å². The van der Waals surface area contributed by atoms with Gasteiger partial charge in [0.15, 0.2) is 0 Å². The predicted molar refractivity (Wildman–Crippen MR) is 66.4 cm³/mol. The third-order valence-electron chi connectivity index (χ3n) is 3.49. The van der Waals surface area contributed by atoms with Crippen LogP contribution in [0.25, 0.3) is 0 Å². The molecule has 2 nitrogen and oxygen atoms in total. The predicted octanol–water partition coefficient (Wildman–Crippen LogP) is 2.83. The van der Waals surface area contributed by atoms with Gasteiger partial charge in [0, 0.05) is 6.61 Å². The summed E-state index contributed by atoms with van der Waals surface area (Å²) in [7, 11) is 0. The maximum Gasteiger partial charge on any atom is 0.126 e. The third kappa shape index (κ3) is 3.27. The highest BCUT2D eigenvalue weighted by Crippen LogP contribution is 2.26. The fraction of sp³-hybridized carbons (Fsp3) is 0.571. The molecule has 0 amide bonds. The van der Waals surface area contributed by atoms with Gasteiger partial charge in [-0.2, -0.15) is 0 Å². The number of ether oxygens (including phenoxy) is 1. The molecule has 1 aromatic rings. The van der Waals surface area contributed by atoms with Gasteiger partial charge in [-0.1, -0.05) is 18.2 Å². The first-order valence-corrected chi connectivity index (χ1v) is 6.37. The Hall–Kier alpha value is -0.930. The van der Waals surface area contributed by atoms with Gasteiger partial charge in [0.05, 0.1) is 6.10 Å². The Morgan fingerprint density at radius 2 is 2.24 bits per heavy atom. The summed E-state index contributed by atoms with van der Waals surface area (Å²) in [5.41, 5.74) is 6.49. The van der Waals surface area contributed by atoms with E-state index in [0.717, 1.165) is 37.9 Å². The summed E-state index contributed by atoms with van der Waals surface area (Å²) in [5, 5.41) is 0. The van der Waals surface area contributed by atoms with E-state index in [9.17, 15) is 4.39 Å². The summed E-state index contributed by atoms with van der Waals surface area (Å²) in [6.45, 7) is 1.37. The number of hydrogen-bond donors (Lipinski definition) is 1. The van der Waals surface area contributed by atoms with Gasteiger partial charge in [-0.25, -0.2) is 4.39 Å². The van der Waals surface area contributed by atoms with Crippen LogP contribution >= 0.6 is 0 Å². The lowest BCUT2D eigenvalue weighted by Gasteiger charge is -2.18. The standard InChI is InChI=1S/C14H20FNO/c15-14-6-2-1-5-13(14)11(10-16)7-8-12-4-3-9-17-12/h1-2,5-6,11-12H,3-4,7-10,16H2. The highest BCUT2D eigenvalue weighted by atomic mass is 19.1. The molecule has 1 heterocycles. The van der Waals surface area contributed by atoms with Gasteiger partial charge in [-0.15, -0.1) is 0 Å². The molecular weight excluding hydrogens is 217 g/mol. The van der Waals surface area contributed by atoms with E-state index in [0.29, 0.717) is 12.6 Å². The normalized spacial score (nSPS) is 21.6. The van der Waals surface area contributed by atoms with Crippen LogP contribution in [0.4, 0.5) is 4.39 Å². The van der Waals surface area contributed by atoms with Crippen LogP contribution in [0.1, 0.15) is 37.2 Å². The van der Waals surface area contributed by atoms with E-state index in [4.69, 9.17) is 10.5 Å². The summed E-state index contributed by atoms with van der Waals surface area (Å²) in [6, 6.07) is 6.92. The lowest BCUT2D eigenvalue weighted by molar-refractivity contribution is 0.101. The second kappa shape index (κ2) is 6.12. The highest BCUT2D eigenvalue weighted by molar-refractivity contribution is 5.22. The third-order valence-corrected chi connectivity index (χ3v) is 3.49. The molecule has 94 valence electrons. The first-order valence-electron chi connectivity index (χ1n) is 6.37. The Bertz CT molecular complexity index is 350. The largest absolute Gasteiger partial charge is 0.378 e. The van der Waals surface area contributed by atoms with Crippen LogP contribution in [0.3, 0.4) is 0 Å². The average molecular weight is 237 g/mol. The summed E-state index contributed by atoms with van der Waals surface area (Å²) < 4.78 is 19.2. The van der Waals surface area contributed by atoms with Crippen LogP contribution in [-0.4, -0.2) is 19.3 Å². The molecule has 0 aliphatic carbocycles. The van der Waals surface area contributed by atoms with Gasteiger partial charge in [-0.05, 0) is 49.8 Å². The lowest BCUT2D eigenvalue weighted by Crippen LogP contribution is -2.16. The van der Waals surface area contributed by atoms with Gasteiger partial charge in [0.1, 0.15) is 5.82 Å². The van der Waals surface area contributed by atoms with Crippen molar-refractivity contribution < 1.29 is 9.13 Å². The van der Waals surface area contributed by atoms with Crippen molar-refractivity contribution in [2.45, 2.75) is 37.7 Å². The molecule has 17 heavy (non-hydrogen) atoms. The van der Waals surface area contributed by atoms with Crippen LogP contribution in [0, 0.1) is 5.82 Å². The van der Waals surface area contributed by atoms with E-state index in [1.807, 2.05) is 12.1 Å². The molecule has 0 saturated carbocycles. The molecule has 3 heteroatoms. The van der Waals surface area contributed by atoms with E-state index < -0.39 is 0 Å². The number of halogens is 1. The Kier molecular flexibility index (Phi) is 4.51. The molecule has 0 aromatic heterocycles. The van der Waals surface area contributed by atoms with Gasteiger partial charge in [0.2, 0.25) is 0 Å². The van der Waals surface area contributed by atoms with Crippen LogP contribution in [0.2, 0.25) is 0 Å². The molecule has 1 aliphatic rings. The molecule has 1 aliphatic heterocycles. The Labute approximate surface area is 102 Å². The zero-order valence-electron chi connectivity index (χ0n) is 10.1. The smallest absolute Gasteiger partial charge is 0.126 e. The summed E-state index contributed by atoms with van der Waals surface area (Å²) in [6.07, 6.45) is 4.53. The van der Waals surface area contributed by atoms with Crippen molar-refractivity contribution in [1.82, 2.24) is 0 Å². The van der Waals surface area contributed by atoms with Gasteiger partial charge in [0.25, 0.3) is 0 Å². The van der Waals surface area contributed by atoms with Gasteiger partial charge < -0.3 is 10.5 Å². The van der Waals surface area contributed by atoms with Gasteiger partial charge >= 0.3 is 0 Å². The number of benzene rings is 1. The zero-order chi connectivity index (χ0) is 12.1. The van der Waals surface area contributed by atoms with Crippen molar-refractivity contribution >= 4 is 0 Å². The lowest BCUT2D eigenvalue weighted by atomic mass is 9.92. The number of rotatable bonds is 5. The summed E-state index contributed by atoms with van der Waals surface area (Å²) in [5.74, 6) is -0.0318. The van der Waals surface area contributed by atoms with Crippen LogP contribution in [0.5, 0.6) is 0 Å². The van der Waals surface area contributed by atoms with Crippen molar-refractivity contribution in [3.05, 3.63) is 35.6 Å². The van der Waals surface area contributed by atoms with E-state index in [-0.39, 0.29) is 11.7 Å². The second-order valence-corrected chi connectivity index (χ2v) is 4.67. The van der Waals surface area contributed by atoms with Crippen molar-refractivity contribution in [2.75, 3.05) is 13.2 Å². The minimum atomic E-state index is -0.143. The molecule has 2 rings (SSSR count). The molecule has 0 bridgehead atoms. The maximum atomic E-state index is 13.6. The molecule has 1 aromatic carbocycles. The van der Waals surface area contributed by atoms with Crippen molar-refractivity contribution in [3.63, 3.8) is 0 Å². The minimum absolute atomic E-state index is 0.111. The zero-order valence-corrected chi connectivity index (χ0v) is 10.1. The fourth-order valence-corrected chi connectivity index (χ4v) is 2.47. The second-order valence-electron chi connectivity index (χ2n) is 4.67. The topological polar surface area (TPSA) is 35.2 Å². The molecule has 2 unspecified atom stereocenters. The van der Waals surface area contributed by atoms with Crippen molar-refractivity contribution in [2.24, 2.45) is 5.73 Å². The Balaban J connectivity index is 1.94. The molecule has 0 radical (unpaired) electrons. The first-order chi connectivity index (χ1) is 8.31. The minimum Gasteiger partial charge on any atom is -0.378 e. The molecule has 2 N–H and O–H groups in total. The van der Waals surface area contributed by atoms with E-state index in [2.05, 4.69) is 0 Å². The highest BCUT2D eigenvalue weighted by Gasteiger charge is 2.19. The summed E-state index contributed by atoms with van der Waals surface area (Å²) in [4.78, 5) is 0. The van der Waals surface area contributed by atoms with Crippen molar-refractivity contribution in [1.29, 1.82) is 0 Å². The fourth-order valence-electron chi connectivity index (χ4n) is 2.47. The molecular formula is C14H20FNO. The van der Waals surface area contributed by atoms with E-state index in [1.54, 1.807) is 6.07 Å². The Morgan fingerprint density at radius 1 is 1.41 bits per heavy atom. The maximum absolute atomic E-state index is 13.6. The summed E-state index contributed by atoms with van der Waals surface area (Å²) >= 11 is 0. The number of nitrogens with two attached hydrogens (primary N) is 1. The van der Waals surface area contributed by atoms with Crippen molar-refractivity contribution in [3.8, 4) is 0 Å². The average Bonchev–Trinajstić information content (AvgIpc) is 2.85. The molecule has 1 saturated heterocycles. The van der Waals surface area contributed by atoms with Crippen LogP contribution in [-0.2, 0) is 4.74 Å².